The van der Waals surface area contributed by atoms with Crippen LogP contribution in [-0.2, 0) is 21.3 Å². The molecular formula is C28H35N3O7S. The van der Waals surface area contributed by atoms with E-state index < -0.39 is 15.9 Å². The maximum atomic E-state index is 13.6. The fourth-order valence-corrected chi connectivity index (χ4v) is 6.55. The van der Waals surface area contributed by atoms with Gasteiger partial charge in [-0.2, -0.15) is 4.31 Å². The van der Waals surface area contributed by atoms with Gasteiger partial charge < -0.3 is 24.1 Å². The van der Waals surface area contributed by atoms with Crippen LogP contribution in [0.15, 0.2) is 52.3 Å². The first-order chi connectivity index (χ1) is 18.8. The molecule has 1 aliphatic heterocycles. The smallest absolute Gasteiger partial charge is 0.258 e. The Morgan fingerprint density at radius 2 is 1.64 bits per heavy atom. The number of carbonyl (C=O) groups excluding carboxylic acids is 1. The van der Waals surface area contributed by atoms with Crippen molar-refractivity contribution in [3.05, 3.63) is 64.1 Å². The summed E-state index contributed by atoms with van der Waals surface area (Å²) in [5.41, 5.74) is 0.526. The predicted octanol–water partition coefficient (Wildman–Crippen LogP) is 3.33. The highest BCUT2D eigenvalue weighted by atomic mass is 32.2. The molecule has 210 valence electrons. The molecule has 0 atom stereocenters. The Kier molecular flexibility index (Phi) is 8.94. The molecule has 39 heavy (non-hydrogen) atoms. The topological polar surface area (TPSA) is 116 Å². The number of morpholine rings is 1. The molecule has 4 rings (SSSR count). The van der Waals surface area contributed by atoms with Gasteiger partial charge >= 0.3 is 0 Å². The highest BCUT2D eigenvalue weighted by molar-refractivity contribution is 7.89. The van der Waals surface area contributed by atoms with Crippen LogP contribution in [0.3, 0.4) is 0 Å². The molecule has 0 bridgehead atoms. The summed E-state index contributed by atoms with van der Waals surface area (Å²) >= 11 is 0. The Balaban J connectivity index is 1.74. The summed E-state index contributed by atoms with van der Waals surface area (Å²) in [5, 5.41) is 3.63. The molecule has 0 unspecified atom stereocenters. The average molecular weight is 558 g/mol. The Morgan fingerprint density at radius 3 is 2.26 bits per heavy atom. The van der Waals surface area contributed by atoms with Crippen LogP contribution in [0.5, 0.6) is 11.5 Å². The van der Waals surface area contributed by atoms with E-state index in [1.807, 2.05) is 13.8 Å². The van der Waals surface area contributed by atoms with Crippen molar-refractivity contribution in [1.82, 2.24) is 14.2 Å². The third kappa shape index (κ3) is 5.66. The highest BCUT2D eigenvalue weighted by Crippen LogP contribution is 2.33. The Bertz CT molecular complexity index is 1510. The lowest BCUT2D eigenvalue weighted by Gasteiger charge is -2.27. The van der Waals surface area contributed by atoms with Gasteiger partial charge in [0.25, 0.3) is 11.5 Å². The number of nitrogens with zero attached hydrogens (tertiary/aromatic N) is 2. The molecule has 1 N–H and O–H groups in total. The van der Waals surface area contributed by atoms with Gasteiger partial charge in [-0.15, -0.1) is 0 Å². The van der Waals surface area contributed by atoms with Gasteiger partial charge in [0, 0.05) is 37.3 Å². The van der Waals surface area contributed by atoms with Crippen molar-refractivity contribution in [2.24, 2.45) is 0 Å². The molecule has 11 heteroatoms. The summed E-state index contributed by atoms with van der Waals surface area (Å²) in [6.07, 6.45) is 3.01. The second kappa shape index (κ2) is 12.2. The standard InChI is InChI=1S/C28H35N3O7S/c1-5-20(6-2)31-18-23(21-15-24(36-3)25(37-4)16-22(21)28(31)33)27(32)29-17-19-9-7-8-10-26(19)39(34,35)30-11-13-38-14-12-30/h7-10,15-16,18,20H,5-6,11-14,17H2,1-4H3,(H,29,32). The van der Waals surface area contributed by atoms with Crippen LogP contribution < -0.4 is 20.3 Å². The number of methoxy groups -OCH3 is 2. The zero-order valence-corrected chi connectivity index (χ0v) is 23.5. The minimum atomic E-state index is -3.76. The fraction of sp³-hybridized carbons (Fsp3) is 0.429. The zero-order chi connectivity index (χ0) is 28.2. The van der Waals surface area contributed by atoms with Crippen molar-refractivity contribution < 1.29 is 27.4 Å². The molecule has 1 aromatic heterocycles. The van der Waals surface area contributed by atoms with E-state index in [0.29, 0.717) is 53.9 Å². The van der Waals surface area contributed by atoms with Crippen LogP contribution in [0, 0.1) is 0 Å². The monoisotopic (exact) mass is 557 g/mol. The van der Waals surface area contributed by atoms with Gasteiger partial charge in [0.1, 0.15) is 0 Å². The van der Waals surface area contributed by atoms with Gasteiger partial charge in [-0.05, 0) is 36.6 Å². The molecule has 1 amide bonds. The van der Waals surface area contributed by atoms with Gasteiger partial charge in [0.05, 0.1) is 43.3 Å². The van der Waals surface area contributed by atoms with Crippen LogP contribution in [-0.4, -0.2) is 63.7 Å². The molecule has 0 spiro atoms. The lowest BCUT2D eigenvalue weighted by atomic mass is 10.0. The number of aromatic nitrogens is 1. The number of benzene rings is 2. The average Bonchev–Trinajstić information content (AvgIpc) is 2.97. The molecular weight excluding hydrogens is 522 g/mol. The van der Waals surface area contributed by atoms with Crippen LogP contribution in [0.1, 0.15) is 48.7 Å². The minimum Gasteiger partial charge on any atom is -0.493 e. The van der Waals surface area contributed by atoms with Crippen molar-refractivity contribution >= 4 is 26.7 Å². The number of sulfonamides is 1. The SMILES string of the molecule is CCC(CC)n1cc(C(=O)NCc2ccccc2S(=O)(=O)N2CCOCC2)c2cc(OC)c(OC)cc2c1=O. The summed E-state index contributed by atoms with van der Waals surface area (Å²) in [6, 6.07) is 9.75. The number of rotatable bonds is 10. The number of hydrogen-bond donors (Lipinski definition) is 1. The molecule has 0 saturated carbocycles. The maximum Gasteiger partial charge on any atom is 0.258 e. The van der Waals surface area contributed by atoms with Gasteiger partial charge in [0.2, 0.25) is 10.0 Å². The van der Waals surface area contributed by atoms with E-state index in [0.717, 1.165) is 0 Å². The maximum absolute atomic E-state index is 13.6. The molecule has 1 saturated heterocycles. The van der Waals surface area contributed by atoms with E-state index in [2.05, 4.69) is 5.32 Å². The summed E-state index contributed by atoms with van der Waals surface area (Å²) in [6.45, 7) is 5.20. The van der Waals surface area contributed by atoms with Crippen LogP contribution >= 0.6 is 0 Å². The van der Waals surface area contributed by atoms with Crippen molar-refractivity contribution in [2.45, 2.75) is 44.2 Å². The van der Waals surface area contributed by atoms with Crippen molar-refractivity contribution in [3.63, 3.8) is 0 Å². The second-order valence-corrected chi connectivity index (χ2v) is 11.2. The van der Waals surface area contributed by atoms with E-state index in [1.54, 1.807) is 47.2 Å². The Labute approximate surface area is 228 Å². The summed E-state index contributed by atoms with van der Waals surface area (Å²) in [5.74, 6) is 0.337. The molecule has 1 aliphatic rings. The number of fused-ring (bicyclic) bond motifs is 1. The van der Waals surface area contributed by atoms with Crippen molar-refractivity contribution in [1.29, 1.82) is 0 Å². The van der Waals surface area contributed by atoms with Crippen LogP contribution in [0.4, 0.5) is 0 Å². The molecule has 0 aliphatic carbocycles. The van der Waals surface area contributed by atoms with Crippen LogP contribution in [0.25, 0.3) is 10.8 Å². The quantitative estimate of drug-likeness (QED) is 0.407. The molecule has 0 radical (unpaired) electrons. The minimum absolute atomic E-state index is 0.0164. The van der Waals surface area contributed by atoms with E-state index in [4.69, 9.17) is 14.2 Å². The van der Waals surface area contributed by atoms with Crippen molar-refractivity contribution in [2.75, 3.05) is 40.5 Å². The number of amides is 1. The first kappa shape index (κ1) is 28.6. The lowest BCUT2D eigenvalue weighted by molar-refractivity contribution is 0.0730. The molecule has 2 heterocycles. The summed E-state index contributed by atoms with van der Waals surface area (Å²) < 4.78 is 45.8. The summed E-state index contributed by atoms with van der Waals surface area (Å²) in [7, 11) is -0.786. The first-order valence-electron chi connectivity index (χ1n) is 13.0. The predicted molar refractivity (Wildman–Crippen MR) is 148 cm³/mol. The molecule has 10 nitrogen and oxygen atoms in total. The number of pyridine rings is 1. The van der Waals surface area contributed by atoms with Gasteiger partial charge in [-0.3, -0.25) is 9.59 Å². The number of hydrogen-bond acceptors (Lipinski definition) is 7. The highest BCUT2D eigenvalue weighted by Gasteiger charge is 2.28. The van der Waals surface area contributed by atoms with Crippen LogP contribution in [0.2, 0.25) is 0 Å². The van der Waals surface area contributed by atoms with E-state index in [-0.39, 0.29) is 41.7 Å². The van der Waals surface area contributed by atoms with Gasteiger partial charge in [0.15, 0.2) is 11.5 Å². The van der Waals surface area contributed by atoms with Crippen molar-refractivity contribution in [3.8, 4) is 11.5 Å². The zero-order valence-electron chi connectivity index (χ0n) is 22.7. The number of ether oxygens (including phenoxy) is 3. The normalized spacial score (nSPS) is 14.5. The van der Waals surface area contributed by atoms with Gasteiger partial charge in [-0.25, -0.2) is 8.42 Å². The molecule has 1 fully saturated rings. The lowest BCUT2D eigenvalue weighted by Crippen LogP contribution is -2.41. The first-order valence-corrected chi connectivity index (χ1v) is 14.5. The number of nitrogens with one attached hydrogen (secondary N) is 1. The largest absolute Gasteiger partial charge is 0.493 e. The Hall–Kier alpha value is -3.41. The van der Waals surface area contributed by atoms with Gasteiger partial charge in [-0.1, -0.05) is 32.0 Å². The van der Waals surface area contributed by atoms with E-state index in [1.165, 1.54) is 18.5 Å². The van der Waals surface area contributed by atoms with E-state index in [9.17, 15) is 18.0 Å². The van der Waals surface area contributed by atoms with E-state index >= 15 is 0 Å². The third-order valence-electron chi connectivity index (χ3n) is 7.13. The second-order valence-electron chi connectivity index (χ2n) is 9.29. The Morgan fingerprint density at radius 1 is 1.03 bits per heavy atom. The molecule has 2 aromatic carbocycles. The third-order valence-corrected chi connectivity index (χ3v) is 9.13. The molecule has 3 aromatic rings. The summed E-state index contributed by atoms with van der Waals surface area (Å²) in [4.78, 5) is 27.3. The fourth-order valence-electron chi connectivity index (χ4n) is 4.92. The number of carbonyl (C=O) groups is 1.